The van der Waals surface area contributed by atoms with Crippen molar-refractivity contribution in [3.05, 3.63) is 0 Å². The molecular formula is C10H17F3N2O. The minimum absolute atomic E-state index is 0.0525. The van der Waals surface area contributed by atoms with E-state index in [1.165, 1.54) is 0 Å². The maximum atomic E-state index is 11.8. The first-order chi connectivity index (χ1) is 7.49. The van der Waals surface area contributed by atoms with Crippen molar-refractivity contribution in [1.29, 1.82) is 0 Å². The summed E-state index contributed by atoms with van der Waals surface area (Å²) in [5.74, 6) is 0. The number of nitrogens with one attached hydrogen (secondary N) is 1. The number of urea groups is 1. The van der Waals surface area contributed by atoms with Crippen molar-refractivity contribution in [1.82, 2.24) is 10.2 Å². The molecule has 1 heterocycles. The summed E-state index contributed by atoms with van der Waals surface area (Å²) in [6, 6.07) is -0.234. The molecule has 0 saturated carbocycles. The molecule has 6 heteroatoms. The van der Waals surface area contributed by atoms with Crippen LogP contribution in [-0.2, 0) is 0 Å². The molecule has 1 saturated heterocycles. The second kappa shape index (κ2) is 5.96. The van der Waals surface area contributed by atoms with Crippen LogP contribution in [0.1, 0.15) is 32.1 Å². The van der Waals surface area contributed by atoms with Gasteiger partial charge in [-0.2, -0.15) is 13.2 Å². The summed E-state index contributed by atoms with van der Waals surface area (Å²) < 4.78 is 35.4. The smallest absolute Gasteiger partial charge is 0.338 e. The van der Waals surface area contributed by atoms with Gasteiger partial charge in [0.25, 0.3) is 0 Å². The highest BCUT2D eigenvalue weighted by molar-refractivity contribution is 5.74. The lowest BCUT2D eigenvalue weighted by atomic mass is 10.1. The van der Waals surface area contributed by atoms with Gasteiger partial charge in [0.05, 0.1) is 0 Å². The molecule has 0 spiro atoms. The second-order valence-electron chi connectivity index (χ2n) is 4.00. The number of likely N-dealkylation sites (tertiary alicyclic amines) is 1. The molecule has 0 aliphatic carbocycles. The Kier molecular flexibility index (Phi) is 4.89. The van der Waals surface area contributed by atoms with E-state index in [0.29, 0.717) is 13.1 Å². The number of carbonyl (C=O) groups excluding carboxylic acids is 1. The van der Waals surface area contributed by atoms with Crippen LogP contribution in [0.5, 0.6) is 0 Å². The third-order valence-electron chi connectivity index (χ3n) is 2.56. The molecular weight excluding hydrogens is 221 g/mol. The van der Waals surface area contributed by atoms with Gasteiger partial charge in [0.15, 0.2) is 0 Å². The summed E-state index contributed by atoms with van der Waals surface area (Å²) in [6.45, 7) is 1.52. The van der Waals surface area contributed by atoms with E-state index in [4.69, 9.17) is 0 Å². The average molecular weight is 238 g/mol. The molecule has 1 aliphatic rings. The maximum absolute atomic E-state index is 11.8. The first kappa shape index (κ1) is 13.1. The molecule has 3 nitrogen and oxygen atoms in total. The van der Waals surface area contributed by atoms with Gasteiger partial charge in [-0.25, -0.2) is 4.79 Å². The van der Waals surface area contributed by atoms with Crippen LogP contribution in [0.15, 0.2) is 0 Å². The van der Waals surface area contributed by atoms with Gasteiger partial charge in [-0.1, -0.05) is 0 Å². The largest absolute Gasteiger partial charge is 0.389 e. The number of rotatable bonds is 3. The quantitative estimate of drug-likeness (QED) is 0.753. The van der Waals surface area contributed by atoms with E-state index < -0.39 is 12.6 Å². The minimum atomic E-state index is -4.13. The monoisotopic (exact) mass is 238 g/mol. The fourth-order valence-electron chi connectivity index (χ4n) is 1.69. The summed E-state index contributed by atoms with van der Waals surface area (Å²) in [6.07, 6.45) is -1.93. The van der Waals surface area contributed by atoms with Gasteiger partial charge in [0.2, 0.25) is 0 Å². The predicted molar refractivity (Wildman–Crippen MR) is 54.1 cm³/mol. The van der Waals surface area contributed by atoms with E-state index in [2.05, 4.69) is 5.32 Å². The van der Waals surface area contributed by atoms with Crippen molar-refractivity contribution in [3.63, 3.8) is 0 Å². The van der Waals surface area contributed by atoms with E-state index in [-0.39, 0.29) is 19.0 Å². The Hall–Kier alpha value is -0.940. The Morgan fingerprint density at radius 3 is 2.38 bits per heavy atom. The zero-order valence-corrected chi connectivity index (χ0v) is 9.15. The molecule has 1 rings (SSSR count). The Morgan fingerprint density at radius 1 is 1.19 bits per heavy atom. The molecule has 1 aliphatic heterocycles. The van der Waals surface area contributed by atoms with Crippen molar-refractivity contribution < 1.29 is 18.0 Å². The van der Waals surface area contributed by atoms with Crippen molar-refractivity contribution in [2.75, 3.05) is 19.6 Å². The zero-order valence-electron chi connectivity index (χ0n) is 9.15. The summed E-state index contributed by atoms with van der Waals surface area (Å²) in [5, 5.41) is 2.51. The Morgan fingerprint density at radius 2 is 1.81 bits per heavy atom. The van der Waals surface area contributed by atoms with Crippen LogP contribution in [0.2, 0.25) is 0 Å². The van der Waals surface area contributed by atoms with Crippen LogP contribution >= 0.6 is 0 Å². The first-order valence-corrected chi connectivity index (χ1v) is 5.58. The lowest BCUT2D eigenvalue weighted by Crippen LogP contribution is -2.43. The number of amides is 2. The highest BCUT2D eigenvalue weighted by Gasteiger charge is 2.26. The summed E-state index contributed by atoms with van der Waals surface area (Å²) in [5.41, 5.74) is 0. The second-order valence-corrected chi connectivity index (χ2v) is 4.00. The maximum Gasteiger partial charge on any atom is 0.389 e. The van der Waals surface area contributed by atoms with Crippen LogP contribution in [-0.4, -0.2) is 36.7 Å². The average Bonchev–Trinajstić information content (AvgIpc) is 2.24. The van der Waals surface area contributed by atoms with Gasteiger partial charge in [0.1, 0.15) is 0 Å². The van der Waals surface area contributed by atoms with Crippen LogP contribution in [0.3, 0.4) is 0 Å². The van der Waals surface area contributed by atoms with Crippen LogP contribution < -0.4 is 5.32 Å². The van der Waals surface area contributed by atoms with Gasteiger partial charge in [-0.05, 0) is 25.7 Å². The Labute approximate surface area is 93.0 Å². The molecule has 0 aromatic carbocycles. The molecule has 0 bridgehead atoms. The van der Waals surface area contributed by atoms with E-state index in [1.54, 1.807) is 4.90 Å². The SMILES string of the molecule is O=C(NCCCC(F)(F)F)N1CCCCC1. The topological polar surface area (TPSA) is 32.3 Å². The molecule has 2 amide bonds. The third-order valence-corrected chi connectivity index (χ3v) is 2.56. The lowest BCUT2D eigenvalue weighted by Gasteiger charge is -2.26. The number of nitrogens with zero attached hydrogens (tertiary/aromatic N) is 1. The van der Waals surface area contributed by atoms with E-state index in [9.17, 15) is 18.0 Å². The number of hydrogen-bond donors (Lipinski definition) is 1. The molecule has 1 fully saturated rings. The summed E-state index contributed by atoms with van der Waals surface area (Å²) in [4.78, 5) is 13.1. The minimum Gasteiger partial charge on any atom is -0.338 e. The van der Waals surface area contributed by atoms with Gasteiger partial charge < -0.3 is 10.2 Å². The van der Waals surface area contributed by atoms with Crippen molar-refractivity contribution in [2.24, 2.45) is 0 Å². The third kappa shape index (κ3) is 5.23. The van der Waals surface area contributed by atoms with Gasteiger partial charge in [0, 0.05) is 26.1 Å². The normalized spacial score (nSPS) is 17.3. The zero-order chi connectivity index (χ0) is 12.0. The van der Waals surface area contributed by atoms with Crippen molar-refractivity contribution in [2.45, 2.75) is 38.3 Å². The molecule has 1 N–H and O–H groups in total. The summed E-state index contributed by atoms with van der Waals surface area (Å²) in [7, 11) is 0. The van der Waals surface area contributed by atoms with Crippen molar-refractivity contribution in [3.8, 4) is 0 Å². The van der Waals surface area contributed by atoms with E-state index >= 15 is 0 Å². The lowest BCUT2D eigenvalue weighted by molar-refractivity contribution is -0.135. The van der Waals surface area contributed by atoms with E-state index in [0.717, 1.165) is 19.3 Å². The van der Waals surface area contributed by atoms with Gasteiger partial charge in [-0.3, -0.25) is 0 Å². The Balaban J connectivity index is 2.10. The molecule has 16 heavy (non-hydrogen) atoms. The molecule has 0 aromatic rings. The van der Waals surface area contributed by atoms with Crippen LogP contribution in [0, 0.1) is 0 Å². The number of halogens is 3. The standard InChI is InChI=1S/C10H17F3N2O/c11-10(12,13)5-4-6-14-9(16)15-7-2-1-3-8-15/h1-8H2,(H,14,16). The first-order valence-electron chi connectivity index (χ1n) is 5.58. The highest BCUT2D eigenvalue weighted by Crippen LogP contribution is 2.20. The number of alkyl halides is 3. The number of carbonyl (C=O) groups is 1. The van der Waals surface area contributed by atoms with Crippen LogP contribution in [0.4, 0.5) is 18.0 Å². The molecule has 0 aromatic heterocycles. The van der Waals surface area contributed by atoms with Gasteiger partial charge in [-0.15, -0.1) is 0 Å². The fourth-order valence-corrected chi connectivity index (χ4v) is 1.69. The highest BCUT2D eigenvalue weighted by atomic mass is 19.4. The van der Waals surface area contributed by atoms with E-state index in [1.807, 2.05) is 0 Å². The molecule has 0 unspecified atom stereocenters. The Bertz CT molecular complexity index is 225. The van der Waals surface area contributed by atoms with Gasteiger partial charge >= 0.3 is 12.2 Å². The number of piperidine rings is 1. The fraction of sp³-hybridized carbons (Fsp3) is 0.900. The van der Waals surface area contributed by atoms with Crippen LogP contribution in [0.25, 0.3) is 0 Å². The number of hydrogen-bond acceptors (Lipinski definition) is 1. The molecule has 0 radical (unpaired) electrons. The van der Waals surface area contributed by atoms with Crippen molar-refractivity contribution >= 4 is 6.03 Å². The predicted octanol–water partition coefficient (Wildman–Crippen LogP) is 2.52. The summed E-state index contributed by atoms with van der Waals surface area (Å²) >= 11 is 0. The molecule has 0 atom stereocenters. The molecule has 94 valence electrons.